The van der Waals surface area contributed by atoms with Gasteiger partial charge in [-0.15, -0.1) is 0 Å². The van der Waals surface area contributed by atoms with Gasteiger partial charge >= 0.3 is 0 Å². The van der Waals surface area contributed by atoms with E-state index in [4.69, 9.17) is 14.2 Å². The largest absolute Gasteiger partial charge is 0.490 e. The summed E-state index contributed by atoms with van der Waals surface area (Å²) in [6.07, 6.45) is 2.82. The lowest BCUT2D eigenvalue weighted by Gasteiger charge is -2.24. The number of ether oxygens (including phenoxy) is 3. The van der Waals surface area contributed by atoms with Crippen LogP contribution in [0.1, 0.15) is 47.5 Å². The quantitative estimate of drug-likeness (QED) is 0.798. The van der Waals surface area contributed by atoms with E-state index in [-0.39, 0.29) is 11.7 Å². The van der Waals surface area contributed by atoms with Crippen LogP contribution in [0.25, 0.3) is 0 Å². The van der Waals surface area contributed by atoms with E-state index in [1.807, 2.05) is 52.8 Å². The molecule has 1 fully saturated rings. The van der Waals surface area contributed by atoms with Gasteiger partial charge < -0.3 is 14.2 Å². The summed E-state index contributed by atoms with van der Waals surface area (Å²) in [5, 5.41) is 0. The summed E-state index contributed by atoms with van der Waals surface area (Å²) in [4.78, 5) is 0. The van der Waals surface area contributed by atoms with Gasteiger partial charge in [-0.3, -0.25) is 0 Å². The molecule has 0 unspecified atom stereocenters. The zero-order chi connectivity index (χ0) is 14.0. The lowest BCUT2D eigenvalue weighted by molar-refractivity contribution is 0.118. The lowest BCUT2D eigenvalue weighted by atomic mass is 10.2. The fourth-order valence-corrected chi connectivity index (χ4v) is 1.70. The topological polar surface area (TPSA) is 27.7 Å². The predicted octanol–water partition coefficient (Wildman–Crippen LogP) is 4.19. The Morgan fingerprint density at radius 1 is 1.11 bits per heavy atom. The molecule has 1 aromatic rings. The first kappa shape index (κ1) is 14.0. The zero-order valence-corrected chi connectivity index (χ0v) is 12.5. The van der Waals surface area contributed by atoms with E-state index in [1.165, 1.54) is 0 Å². The first-order valence-electron chi connectivity index (χ1n) is 7.00. The molecule has 0 aliphatic heterocycles. The molecular weight excluding hydrogens is 240 g/mol. The summed E-state index contributed by atoms with van der Waals surface area (Å²) in [6.45, 7) is 10.1. The maximum Gasteiger partial charge on any atom is 0.165 e. The van der Waals surface area contributed by atoms with Crippen LogP contribution >= 0.6 is 0 Å². The third kappa shape index (κ3) is 4.66. The van der Waals surface area contributed by atoms with Crippen molar-refractivity contribution in [2.24, 2.45) is 0 Å². The summed E-state index contributed by atoms with van der Waals surface area (Å²) in [6, 6.07) is 5.81. The molecular formula is C16H24O3. The molecule has 1 aliphatic carbocycles. The highest BCUT2D eigenvalue weighted by molar-refractivity contribution is 5.46. The van der Waals surface area contributed by atoms with Crippen molar-refractivity contribution in [2.75, 3.05) is 0 Å². The molecule has 1 saturated carbocycles. The monoisotopic (exact) mass is 264 g/mol. The van der Waals surface area contributed by atoms with Gasteiger partial charge in [-0.25, -0.2) is 0 Å². The Morgan fingerprint density at radius 3 is 2.32 bits per heavy atom. The van der Waals surface area contributed by atoms with Crippen molar-refractivity contribution in [2.45, 2.75) is 65.3 Å². The Hall–Kier alpha value is -1.38. The molecule has 0 radical (unpaired) electrons. The average Bonchev–Trinajstić information content (AvgIpc) is 3.03. The van der Waals surface area contributed by atoms with E-state index in [9.17, 15) is 0 Å². The number of hydrogen-bond donors (Lipinski definition) is 0. The first-order valence-corrected chi connectivity index (χ1v) is 7.00. The van der Waals surface area contributed by atoms with Gasteiger partial charge in [0.2, 0.25) is 0 Å². The number of hydrogen-bond acceptors (Lipinski definition) is 3. The van der Waals surface area contributed by atoms with Crippen molar-refractivity contribution < 1.29 is 14.2 Å². The molecule has 0 amide bonds. The smallest absolute Gasteiger partial charge is 0.165 e. The lowest BCUT2D eigenvalue weighted by Crippen LogP contribution is -2.23. The molecule has 0 aromatic heterocycles. The fourth-order valence-electron chi connectivity index (χ4n) is 1.70. The van der Waals surface area contributed by atoms with Crippen molar-refractivity contribution in [3.8, 4) is 17.2 Å². The van der Waals surface area contributed by atoms with E-state index in [0.29, 0.717) is 6.10 Å². The minimum Gasteiger partial charge on any atom is -0.490 e. The minimum atomic E-state index is -0.257. The van der Waals surface area contributed by atoms with E-state index in [1.54, 1.807) is 0 Å². The third-order valence-electron chi connectivity index (χ3n) is 2.52. The molecule has 1 aliphatic rings. The zero-order valence-electron chi connectivity index (χ0n) is 12.5. The third-order valence-corrected chi connectivity index (χ3v) is 2.52. The number of rotatable bonds is 5. The Kier molecular flexibility index (Phi) is 3.93. The molecule has 0 bridgehead atoms. The molecule has 0 saturated heterocycles. The van der Waals surface area contributed by atoms with E-state index in [2.05, 4.69) is 0 Å². The second-order valence-corrected chi connectivity index (χ2v) is 6.31. The molecule has 2 rings (SSSR count). The van der Waals surface area contributed by atoms with Gasteiger partial charge in [0.05, 0.1) is 12.2 Å². The van der Waals surface area contributed by atoms with Gasteiger partial charge in [-0.2, -0.15) is 0 Å². The standard InChI is InChI=1S/C16H24O3/c1-11(2)17-14-9-8-13(18-12-6-7-12)10-15(14)19-16(3,4)5/h8-12H,6-7H2,1-5H3. The molecule has 19 heavy (non-hydrogen) atoms. The van der Waals surface area contributed by atoms with E-state index in [0.717, 1.165) is 30.1 Å². The maximum absolute atomic E-state index is 5.97. The van der Waals surface area contributed by atoms with Crippen molar-refractivity contribution in [3.63, 3.8) is 0 Å². The number of benzene rings is 1. The van der Waals surface area contributed by atoms with Crippen LogP contribution in [0.3, 0.4) is 0 Å². The second kappa shape index (κ2) is 5.32. The van der Waals surface area contributed by atoms with E-state index < -0.39 is 0 Å². The van der Waals surface area contributed by atoms with Crippen LogP contribution in [0.2, 0.25) is 0 Å². The summed E-state index contributed by atoms with van der Waals surface area (Å²) >= 11 is 0. The fraction of sp³-hybridized carbons (Fsp3) is 0.625. The van der Waals surface area contributed by atoms with Crippen LogP contribution < -0.4 is 14.2 Å². The Bertz CT molecular complexity index is 428. The van der Waals surface area contributed by atoms with Crippen LogP contribution in [-0.2, 0) is 0 Å². The average molecular weight is 264 g/mol. The van der Waals surface area contributed by atoms with Gasteiger partial charge in [0, 0.05) is 6.07 Å². The van der Waals surface area contributed by atoms with E-state index >= 15 is 0 Å². The summed E-state index contributed by atoms with van der Waals surface area (Å²) in [5.74, 6) is 2.38. The van der Waals surface area contributed by atoms with Crippen LogP contribution in [0.5, 0.6) is 17.2 Å². The molecule has 1 aromatic carbocycles. The molecule has 106 valence electrons. The molecule has 3 heteroatoms. The van der Waals surface area contributed by atoms with Crippen LogP contribution in [0, 0.1) is 0 Å². The van der Waals surface area contributed by atoms with Gasteiger partial charge in [0.15, 0.2) is 11.5 Å². The summed E-state index contributed by atoms with van der Waals surface area (Å²) in [5.41, 5.74) is -0.257. The molecule has 0 heterocycles. The Labute approximate surface area is 115 Å². The minimum absolute atomic E-state index is 0.123. The Balaban J connectivity index is 2.20. The maximum atomic E-state index is 5.97. The summed E-state index contributed by atoms with van der Waals surface area (Å²) < 4.78 is 17.6. The highest BCUT2D eigenvalue weighted by Gasteiger charge is 2.24. The van der Waals surface area contributed by atoms with Gasteiger partial charge in [-0.05, 0) is 59.6 Å². The molecule has 3 nitrogen and oxygen atoms in total. The van der Waals surface area contributed by atoms with Gasteiger partial charge in [-0.1, -0.05) is 0 Å². The highest BCUT2D eigenvalue weighted by atomic mass is 16.5. The highest BCUT2D eigenvalue weighted by Crippen LogP contribution is 2.36. The van der Waals surface area contributed by atoms with Crippen molar-refractivity contribution in [1.29, 1.82) is 0 Å². The van der Waals surface area contributed by atoms with Gasteiger partial charge in [0.1, 0.15) is 11.4 Å². The van der Waals surface area contributed by atoms with Crippen LogP contribution in [0.15, 0.2) is 18.2 Å². The normalized spacial score (nSPS) is 15.5. The second-order valence-electron chi connectivity index (χ2n) is 6.31. The van der Waals surface area contributed by atoms with Crippen molar-refractivity contribution >= 4 is 0 Å². The molecule has 0 atom stereocenters. The van der Waals surface area contributed by atoms with Crippen molar-refractivity contribution in [3.05, 3.63) is 18.2 Å². The van der Waals surface area contributed by atoms with Crippen LogP contribution in [0.4, 0.5) is 0 Å². The van der Waals surface area contributed by atoms with Gasteiger partial charge in [0.25, 0.3) is 0 Å². The molecule has 0 N–H and O–H groups in total. The first-order chi connectivity index (χ1) is 8.83. The Morgan fingerprint density at radius 2 is 1.79 bits per heavy atom. The summed E-state index contributed by atoms with van der Waals surface area (Å²) in [7, 11) is 0. The molecule has 0 spiro atoms. The van der Waals surface area contributed by atoms with Crippen LogP contribution in [-0.4, -0.2) is 17.8 Å². The predicted molar refractivity (Wildman–Crippen MR) is 76.2 cm³/mol. The SMILES string of the molecule is CC(C)Oc1ccc(OC2CC2)cc1OC(C)(C)C. The van der Waals surface area contributed by atoms with Crippen molar-refractivity contribution in [1.82, 2.24) is 0 Å².